The molecule has 0 radical (unpaired) electrons. The molecule has 0 saturated carbocycles. The number of rotatable bonds is 3. The van der Waals surface area contributed by atoms with Gasteiger partial charge in [0.05, 0.1) is 10.7 Å². The summed E-state index contributed by atoms with van der Waals surface area (Å²) < 4.78 is 0. The van der Waals surface area contributed by atoms with E-state index < -0.39 is 0 Å². The zero-order chi connectivity index (χ0) is 12.3. The number of nitrogens with one attached hydrogen (secondary N) is 2. The molecule has 1 heterocycles. The quantitative estimate of drug-likeness (QED) is 0.868. The minimum atomic E-state index is 0.0474. The predicted octanol–water partition coefficient (Wildman–Crippen LogP) is 2.59. The van der Waals surface area contributed by atoms with E-state index in [2.05, 4.69) is 10.6 Å². The van der Waals surface area contributed by atoms with Gasteiger partial charge in [-0.3, -0.25) is 4.79 Å². The SMILES string of the molecule is Cc1ccc(Cl)c(NC(=O)CC2CCNC2)c1. The summed E-state index contributed by atoms with van der Waals surface area (Å²) in [6.45, 7) is 3.94. The lowest BCUT2D eigenvalue weighted by Gasteiger charge is -2.10. The summed E-state index contributed by atoms with van der Waals surface area (Å²) in [7, 11) is 0. The van der Waals surface area contributed by atoms with E-state index >= 15 is 0 Å². The summed E-state index contributed by atoms with van der Waals surface area (Å²) in [4.78, 5) is 11.8. The third kappa shape index (κ3) is 3.45. The van der Waals surface area contributed by atoms with Gasteiger partial charge < -0.3 is 10.6 Å². The van der Waals surface area contributed by atoms with Crippen LogP contribution in [0, 0.1) is 12.8 Å². The largest absolute Gasteiger partial charge is 0.325 e. The van der Waals surface area contributed by atoms with Crippen LogP contribution in [0.1, 0.15) is 18.4 Å². The molecule has 0 aromatic heterocycles. The van der Waals surface area contributed by atoms with Gasteiger partial charge >= 0.3 is 0 Å². The molecule has 3 nitrogen and oxygen atoms in total. The van der Waals surface area contributed by atoms with E-state index in [0.29, 0.717) is 23.0 Å². The van der Waals surface area contributed by atoms with E-state index in [-0.39, 0.29) is 5.91 Å². The fraction of sp³-hybridized carbons (Fsp3) is 0.462. The molecule has 0 spiro atoms. The van der Waals surface area contributed by atoms with Crippen LogP contribution in [0.15, 0.2) is 18.2 Å². The Morgan fingerprint density at radius 3 is 3.12 bits per heavy atom. The minimum Gasteiger partial charge on any atom is -0.325 e. The maximum atomic E-state index is 11.8. The van der Waals surface area contributed by atoms with Crippen molar-refractivity contribution >= 4 is 23.2 Å². The van der Waals surface area contributed by atoms with Crippen molar-refractivity contribution in [3.63, 3.8) is 0 Å². The zero-order valence-corrected chi connectivity index (χ0v) is 10.7. The van der Waals surface area contributed by atoms with Crippen LogP contribution in [-0.4, -0.2) is 19.0 Å². The molecule has 0 aliphatic carbocycles. The number of anilines is 1. The van der Waals surface area contributed by atoms with Crippen LogP contribution in [0.25, 0.3) is 0 Å². The standard InChI is InChI=1S/C13H17ClN2O/c1-9-2-3-11(14)12(6-9)16-13(17)7-10-4-5-15-8-10/h2-3,6,10,15H,4-5,7-8H2,1H3,(H,16,17). The fourth-order valence-electron chi connectivity index (χ4n) is 2.09. The first-order valence-corrected chi connectivity index (χ1v) is 6.29. The highest BCUT2D eigenvalue weighted by atomic mass is 35.5. The van der Waals surface area contributed by atoms with Gasteiger partial charge in [-0.25, -0.2) is 0 Å². The molecule has 1 saturated heterocycles. The summed E-state index contributed by atoms with van der Waals surface area (Å²) >= 11 is 6.03. The number of carbonyl (C=O) groups excluding carboxylic acids is 1. The molecule has 1 aromatic rings. The van der Waals surface area contributed by atoms with Gasteiger partial charge in [-0.2, -0.15) is 0 Å². The van der Waals surface area contributed by atoms with Crippen LogP contribution in [0.4, 0.5) is 5.69 Å². The molecule has 1 aliphatic heterocycles. The molecule has 2 N–H and O–H groups in total. The third-order valence-electron chi connectivity index (χ3n) is 3.03. The Balaban J connectivity index is 1.95. The summed E-state index contributed by atoms with van der Waals surface area (Å²) in [5.41, 5.74) is 1.80. The molecular formula is C13H17ClN2O. The third-order valence-corrected chi connectivity index (χ3v) is 3.36. The number of hydrogen-bond donors (Lipinski definition) is 2. The van der Waals surface area contributed by atoms with Crippen LogP contribution < -0.4 is 10.6 Å². The molecule has 4 heteroatoms. The Morgan fingerprint density at radius 2 is 2.41 bits per heavy atom. The van der Waals surface area contributed by atoms with E-state index in [0.717, 1.165) is 25.1 Å². The van der Waals surface area contributed by atoms with Gasteiger partial charge in [-0.1, -0.05) is 17.7 Å². The zero-order valence-electron chi connectivity index (χ0n) is 9.92. The van der Waals surface area contributed by atoms with Crippen LogP contribution >= 0.6 is 11.6 Å². The molecule has 17 heavy (non-hydrogen) atoms. The average Bonchev–Trinajstić information content (AvgIpc) is 2.76. The Morgan fingerprint density at radius 1 is 1.59 bits per heavy atom. The van der Waals surface area contributed by atoms with E-state index in [9.17, 15) is 4.79 Å². The molecule has 2 rings (SSSR count). The lowest BCUT2D eigenvalue weighted by molar-refractivity contribution is -0.116. The molecule has 1 aromatic carbocycles. The number of benzene rings is 1. The van der Waals surface area contributed by atoms with E-state index in [1.165, 1.54) is 0 Å². The summed E-state index contributed by atoms with van der Waals surface area (Å²) in [5, 5.41) is 6.73. The summed E-state index contributed by atoms with van der Waals surface area (Å²) in [6, 6.07) is 5.63. The normalized spacial score (nSPS) is 19.3. The second-order valence-electron chi connectivity index (χ2n) is 4.59. The van der Waals surface area contributed by atoms with Gasteiger partial charge in [0, 0.05) is 6.42 Å². The first-order valence-electron chi connectivity index (χ1n) is 5.92. The van der Waals surface area contributed by atoms with Crippen molar-refractivity contribution in [3.05, 3.63) is 28.8 Å². The van der Waals surface area contributed by atoms with Gasteiger partial charge in [0.15, 0.2) is 0 Å². The highest BCUT2D eigenvalue weighted by Crippen LogP contribution is 2.23. The number of hydrogen-bond acceptors (Lipinski definition) is 2. The van der Waals surface area contributed by atoms with Crippen molar-refractivity contribution < 1.29 is 4.79 Å². The maximum Gasteiger partial charge on any atom is 0.224 e. The second-order valence-corrected chi connectivity index (χ2v) is 5.00. The predicted molar refractivity (Wildman–Crippen MR) is 70.4 cm³/mol. The molecule has 1 fully saturated rings. The first kappa shape index (κ1) is 12.4. The number of halogens is 1. The van der Waals surface area contributed by atoms with Gasteiger partial charge in [-0.15, -0.1) is 0 Å². The molecule has 92 valence electrons. The van der Waals surface area contributed by atoms with Crippen LogP contribution in [0.3, 0.4) is 0 Å². The lowest BCUT2D eigenvalue weighted by atomic mass is 10.0. The number of carbonyl (C=O) groups is 1. The Hall–Kier alpha value is -1.06. The second kappa shape index (κ2) is 5.52. The highest BCUT2D eigenvalue weighted by molar-refractivity contribution is 6.33. The van der Waals surface area contributed by atoms with Crippen molar-refractivity contribution in [2.45, 2.75) is 19.8 Å². The molecule has 1 amide bonds. The van der Waals surface area contributed by atoms with E-state index in [1.807, 2.05) is 25.1 Å². The lowest BCUT2D eigenvalue weighted by Crippen LogP contribution is -2.18. The fourth-order valence-corrected chi connectivity index (χ4v) is 2.25. The maximum absolute atomic E-state index is 11.8. The van der Waals surface area contributed by atoms with Crippen molar-refractivity contribution in [2.24, 2.45) is 5.92 Å². The molecular weight excluding hydrogens is 236 g/mol. The molecule has 0 bridgehead atoms. The topological polar surface area (TPSA) is 41.1 Å². The van der Waals surface area contributed by atoms with Gasteiger partial charge in [0.25, 0.3) is 0 Å². The smallest absolute Gasteiger partial charge is 0.224 e. The highest BCUT2D eigenvalue weighted by Gasteiger charge is 2.18. The minimum absolute atomic E-state index is 0.0474. The summed E-state index contributed by atoms with van der Waals surface area (Å²) in [5.74, 6) is 0.504. The van der Waals surface area contributed by atoms with Crippen molar-refractivity contribution in [3.8, 4) is 0 Å². The average molecular weight is 253 g/mol. The van der Waals surface area contributed by atoms with Gasteiger partial charge in [-0.05, 0) is 50.0 Å². The van der Waals surface area contributed by atoms with Crippen LogP contribution in [-0.2, 0) is 4.79 Å². The van der Waals surface area contributed by atoms with Crippen molar-refractivity contribution in [1.29, 1.82) is 0 Å². The number of amides is 1. The van der Waals surface area contributed by atoms with E-state index in [1.54, 1.807) is 0 Å². The first-order chi connectivity index (χ1) is 8.15. The summed E-state index contributed by atoms with van der Waals surface area (Å²) in [6.07, 6.45) is 1.65. The number of aryl methyl sites for hydroxylation is 1. The van der Waals surface area contributed by atoms with E-state index in [4.69, 9.17) is 11.6 Å². The van der Waals surface area contributed by atoms with Crippen molar-refractivity contribution in [2.75, 3.05) is 18.4 Å². The van der Waals surface area contributed by atoms with Crippen LogP contribution in [0.5, 0.6) is 0 Å². The molecule has 1 atom stereocenters. The molecule has 1 aliphatic rings. The van der Waals surface area contributed by atoms with Gasteiger partial charge in [0.2, 0.25) is 5.91 Å². The Kier molecular flexibility index (Phi) is 4.02. The van der Waals surface area contributed by atoms with Gasteiger partial charge in [0.1, 0.15) is 0 Å². The Labute approximate surface area is 107 Å². The molecule has 1 unspecified atom stereocenters. The van der Waals surface area contributed by atoms with Crippen molar-refractivity contribution in [1.82, 2.24) is 5.32 Å². The Bertz CT molecular complexity index is 414. The van der Waals surface area contributed by atoms with Crippen LogP contribution in [0.2, 0.25) is 5.02 Å². The monoisotopic (exact) mass is 252 g/mol.